The lowest BCUT2D eigenvalue weighted by molar-refractivity contribution is -0.139. The number of ether oxygens (including phenoxy) is 1. The maximum Gasteiger partial charge on any atom is 0.310 e. The fourth-order valence-corrected chi connectivity index (χ4v) is 1.19. The summed E-state index contributed by atoms with van der Waals surface area (Å²) in [6.45, 7) is 0. The van der Waals surface area contributed by atoms with Crippen LogP contribution in [0.15, 0.2) is 16.9 Å². The third kappa shape index (κ3) is 2.77. The normalized spacial score (nSPS) is 9.77. The van der Waals surface area contributed by atoms with Crippen molar-refractivity contribution in [2.75, 3.05) is 7.11 Å². The van der Waals surface area contributed by atoms with E-state index in [1.165, 1.54) is 13.2 Å². The topological polar surface area (TPSA) is 39.2 Å². The van der Waals surface area contributed by atoms with E-state index in [4.69, 9.17) is 0 Å². The third-order valence-corrected chi connectivity index (χ3v) is 1.90. The van der Waals surface area contributed by atoms with E-state index in [-0.39, 0.29) is 12.0 Å². The fraction of sp³-hybridized carbons (Fsp3) is 0.250. The Labute approximate surface area is 83.1 Å². The Balaban J connectivity index is 2.87. The van der Waals surface area contributed by atoms with Gasteiger partial charge in [-0.25, -0.2) is 9.37 Å². The summed E-state index contributed by atoms with van der Waals surface area (Å²) in [5.41, 5.74) is 0.272. The van der Waals surface area contributed by atoms with Crippen molar-refractivity contribution in [1.82, 2.24) is 4.98 Å². The van der Waals surface area contributed by atoms with Crippen LogP contribution in [-0.4, -0.2) is 18.1 Å². The molecule has 1 rings (SSSR count). The predicted octanol–water partition coefficient (Wildman–Crippen LogP) is 1.70. The number of carbonyl (C=O) groups is 1. The number of halogens is 2. The van der Waals surface area contributed by atoms with Crippen LogP contribution in [0.25, 0.3) is 0 Å². The zero-order chi connectivity index (χ0) is 9.84. The summed E-state index contributed by atoms with van der Waals surface area (Å²) in [5, 5.41) is 0. The van der Waals surface area contributed by atoms with Crippen molar-refractivity contribution in [2.45, 2.75) is 6.42 Å². The van der Waals surface area contributed by atoms with Gasteiger partial charge in [-0.05, 0) is 22.0 Å². The van der Waals surface area contributed by atoms with E-state index in [2.05, 4.69) is 25.7 Å². The molecule has 0 aliphatic rings. The molecule has 1 aromatic heterocycles. The number of rotatable bonds is 2. The van der Waals surface area contributed by atoms with Crippen molar-refractivity contribution >= 4 is 21.9 Å². The van der Waals surface area contributed by atoms with Gasteiger partial charge in [-0.2, -0.15) is 0 Å². The van der Waals surface area contributed by atoms with Gasteiger partial charge in [0.05, 0.1) is 19.7 Å². The van der Waals surface area contributed by atoms with Gasteiger partial charge >= 0.3 is 5.97 Å². The lowest BCUT2D eigenvalue weighted by atomic mass is 10.2. The lowest BCUT2D eigenvalue weighted by Crippen LogP contribution is -2.06. The second-order valence-electron chi connectivity index (χ2n) is 2.35. The average Bonchev–Trinajstić information content (AvgIpc) is 2.11. The molecular formula is C8H7BrFNO2. The van der Waals surface area contributed by atoms with E-state index >= 15 is 0 Å². The quantitative estimate of drug-likeness (QED) is 0.590. The number of methoxy groups -OCH3 is 1. The summed E-state index contributed by atoms with van der Waals surface area (Å²) < 4.78 is 17.9. The van der Waals surface area contributed by atoms with E-state index in [9.17, 15) is 9.18 Å². The Hall–Kier alpha value is -0.970. The summed E-state index contributed by atoms with van der Waals surface area (Å²) >= 11 is 3.08. The molecule has 1 aromatic rings. The van der Waals surface area contributed by atoms with Crippen LogP contribution >= 0.6 is 15.9 Å². The molecule has 0 N–H and O–H groups in total. The summed E-state index contributed by atoms with van der Waals surface area (Å²) in [7, 11) is 1.26. The van der Waals surface area contributed by atoms with Gasteiger partial charge < -0.3 is 4.74 Å². The largest absolute Gasteiger partial charge is 0.469 e. The Kier molecular flexibility index (Phi) is 3.36. The van der Waals surface area contributed by atoms with Crippen molar-refractivity contribution in [3.05, 3.63) is 28.2 Å². The van der Waals surface area contributed by atoms with Gasteiger partial charge in [0, 0.05) is 5.56 Å². The number of esters is 1. The molecule has 0 aliphatic heterocycles. The molecule has 0 aliphatic carbocycles. The summed E-state index contributed by atoms with van der Waals surface area (Å²) in [4.78, 5) is 14.5. The molecule has 0 atom stereocenters. The molecule has 0 bridgehead atoms. The average molecular weight is 248 g/mol. The van der Waals surface area contributed by atoms with Crippen LogP contribution in [0.3, 0.4) is 0 Å². The molecule has 3 nitrogen and oxygen atoms in total. The molecule has 0 amide bonds. The van der Waals surface area contributed by atoms with Crippen molar-refractivity contribution in [3.8, 4) is 0 Å². The lowest BCUT2D eigenvalue weighted by Gasteiger charge is -2.01. The van der Waals surface area contributed by atoms with Gasteiger partial charge in [-0.15, -0.1) is 0 Å². The van der Waals surface area contributed by atoms with Crippen molar-refractivity contribution in [2.24, 2.45) is 0 Å². The Morgan fingerprint density at radius 2 is 2.46 bits per heavy atom. The molecule has 0 radical (unpaired) electrons. The molecule has 0 aromatic carbocycles. The first-order chi connectivity index (χ1) is 6.13. The Bertz CT molecular complexity index is 330. The van der Waals surface area contributed by atoms with Crippen LogP contribution in [0, 0.1) is 5.82 Å². The van der Waals surface area contributed by atoms with Crippen LogP contribution in [-0.2, 0) is 16.0 Å². The van der Waals surface area contributed by atoms with Crippen LogP contribution in [0.4, 0.5) is 4.39 Å². The van der Waals surface area contributed by atoms with E-state index in [0.717, 1.165) is 6.20 Å². The van der Waals surface area contributed by atoms with Crippen LogP contribution in [0.2, 0.25) is 0 Å². The van der Waals surface area contributed by atoms with Gasteiger partial charge in [-0.1, -0.05) is 0 Å². The second kappa shape index (κ2) is 4.32. The SMILES string of the molecule is COC(=O)Cc1cc(Br)ncc1F. The highest BCUT2D eigenvalue weighted by Gasteiger charge is 2.08. The first-order valence-corrected chi connectivity index (χ1v) is 4.29. The number of pyridine rings is 1. The fourth-order valence-electron chi connectivity index (χ4n) is 0.814. The van der Waals surface area contributed by atoms with Gasteiger partial charge in [0.25, 0.3) is 0 Å². The van der Waals surface area contributed by atoms with Crippen molar-refractivity contribution in [3.63, 3.8) is 0 Å². The summed E-state index contributed by atoms with van der Waals surface area (Å²) in [6, 6.07) is 1.45. The van der Waals surface area contributed by atoms with Crippen LogP contribution in [0.5, 0.6) is 0 Å². The Morgan fingerprint density at radius 1 is 1.77 bits per heavy atom. The number of carbonyl (C=O) groups excluding carboxylic acids is 1. The number of hydrogen-bond acceptors (Lipinski definition) is 3. The van der Waals surface area contributed by atoms with Gasteiger partial charge in [0.15, 0.2) is 0 Å². The highest BCUT2D eigenvalue weighted by molar-refractivity contribution is 9.10. The highest BCUT2D eigenvalue weighted by Crippen LogP contribution is 2.13. The molecule has 70 valence electrons. The second-order valence-corrected chi connectivity index (χ2v) is 3.16. The van der Waals surface area contributed by atoms with E-state index in [1.807, 2.05) is 0 Å². The van der Waals surface area contributed by atoms with E-state index in [1.54, 1.807) is 0 Å². The smallest absolute Gasteiger partial charge is 0.310 e. The molecular weight excluding hydrogens is 241 g/mol. The third-order valence-electron chi connectivity index (χ3n) is 1.46. The number of nitrogens with zero attached hydrogens (tertiary/aromatic N) is 1. The maximum absolute atomic E-state index is 13.0. The first-order valence-electron chi connectivity index (χ1n) is 3.50. The molecule has 0 unspecified atom stereocenters. The first kappa shape index (κ1) is 10.1. The molecule has 1 heterocycles. The van der Waals surface area contributed by atoms with E-state index < -0.39 is 11.8 Å². The van der Waals surface area contributed by atoms with Gasteiger partial charge in [0.1, 0.15) is 10.4 Å². The van der Waals surface area contributed by atoms with E-state index in [0.29, 0.717) is 4.60 Å². The van der Waals surface area contributed by atoms with Crippen LogP contribution in [0.1, 0.15) is 5.56 Å². The minimum atomic E-state index is -0.506. The number of aromatic nitrogens is 1. The molecule has 0 saturated carbocycles. The molecule has 0 saturated heterocycles. The summed E-state index contributed by atoms with van der Waals surface area (Å²) in [5.74, 6) is -0.981. The van der Waals surface area contributed by atoms with Gasteiger partial charge in [0.2, 0.25) is 0 Å². The zero-order valence-electron chi connectivity index (χ0n) is 6.88. The minimum Gasteiger partial charge on any atom is -0.469 e. The van der Waals surface area contributed by atoms with Crippen molar-refractivity contribution in [1.29, 1.82) is 0 Å². The minimum absolute atomic E-state index is 0.0799. The molecule has 5 heteroatoms. The highest BCUT2D eigenvalue weighted by atomic mass is 79.9. The maximum atomic E-state index is 13.0. The zero-order valence-corrected chi connectivity index (χ0v) is 8.47. The Morgan fingerprint density at radius 3 is 3.08 bits per heavy atom. The van der Waals surface area contributed by atoms with Crippen LogP contribution < -0.4 is 0 Å². The summed E-state index contributed by atoms with van der Waals surface area (Å²) in [6.07, 6.45) is 0.978. The van der Waals surface area contributed by atoms with Gasteiger partial charge in [-0.3, -0.25) is 4.79 Å². The monoisotopic (exact) mass is 247 g/mol. The molecule has 0 fully saturated rings. The standard InChI is InChI=1S/C8H7BrFNO2/c1-13-8(12)3-5-2-7(9)11-4-6(5)10/h2,4H,3H2,1H3. The molecule has 13 heavy (non-hydrogen) atoms. The predicted molar refractivity (Wildman–Crippen MR) is 47.6 cm³/mol. The number of hydrogen-bond donors (Lipinski definition) is 0. The van der Waals surface area contributed by atoms with Crippen molar-refractivity contribution < 1.29 is 13.9 Å². The molecule has 0 spiro atoms.